The van der Waals surface area contributed by atoms with Crippen molar-refractivity contribution >= 4 is 5.78 Å². The molecule has 0 aromatic heterocycles. The van der Waals surface area contributed by atoms with E-state index in [-0.39, 0.29) is 13.0 Å². The summed E-state index contributed by atoms with van der Waals surface area (Å²) in [5.41, 5.74) is 0. The van der Waals surface area contributed by atoms with Gasteiger partial charge in [-0.25, -0.2) is 0 Å². The first-order valence-corrected chi connectivity index (χ1v) is 4.19. The van der Waals surface area contributed by atoms with Crippen molar-refractivity contribution in [2.75, 3.05) is 6.61 Å². The van der Waals surface area contributed by atoms with Crippen LogP contribution >= 0.6 is 0 Å². The third kappa shape index (κ3) is 1.65. The lowest BCUT2D eigenvalue weighted by atomic mass is 10.0. The highest BCUT2D eigenvalue weighted by Crippen LogP contribution is 2.24. The van der Waals surface area contributed by atoms with Crippen LogP contribution in [-0.4, -0.2) is 34.5 Å². The molecule has 4 nitrogen and oxygen atoms in total. The normalized spacial score (nSPS) is 35.9. The molecule has 2 N–H and O–H groups in total. The molecule has 0 saturated carbocycles. The van der Waals surface area contributed by atoms with Crippen molar-refractivity contribution in [2.45, 2.75) is 38.1 Å². The maximum atomic E-state index is 11.1. The van der Waals surface area contributed by atoms with Crippen molar-refractivity contribution in [1.29, 1.82) is 0 Å². The lowest BCUT2D eigenvalue weighted by Gasteiger charge is -2.18. The van der Waals surface area contributed by atoms with Gasteiger partial charge in [0.05, 0.1) is 6.61 Å². The summed E-state index contributed by atoms with van der Waals surface area (Å²) in [6.45, 7) is 1.87. The second-order valence-electron chi connectivity index (χ2n) is 3.08. The average Bonchev–Trinajstić information content (AvgIpc) is 2.31. The van der Waals surface area contributed by atoms with Crippen LogP contribution in [0.3, 0.4) is 0 Å². The van der Waals surface area contributed by atoms with Crippen LogP contribution in [0.1, 0.15) is 26.2 Å². The van der Waals surface area contributed by atoms with Gasteiger partial charge in [-0.05, 0) is 6.42 Å². The number of aliphatic hydroxyl groups excluding tert-OH is 1. The number of carbonyl (C=O) groups is 1. The molecule has 1 aliphatic heterocycles. The molecule has 4 heteroatoms. The van der Waals surface area contributed by atoms with Gasteiger partial charge in [-0.2, -0.15) is 0 Å². The summed E-state index contributed by atoms with van der Waals surface area (Å²) in [6.07, 6.45) is 0.732. The number of Topliss-reactive ketones (excluding diaryl/α,β-unsaturated/α-hetero) is 1. The first kappa shape index (κ1) is 9.64. The lowest BCUT2D eigenvalue weighted by Crippen LogP contribution is -2.38. The second kappa shape index (κ2) is 3.51. The highest BCUT2D eigenvalue weighted by Gasteiger charge is 2.46. The minimum atomic E-state index is -1.71. The van der Waals surface area contributed by atoms with Crippen LogP contribution in [0.2, 0.25) is 0 Å². The molecule has 0 radical (unpaired) electrons. The van der Waals surface area contributed by atoms with Crippen molar-refractivity contribution in [3.63, 3.8) is 0 Å². The van der Waals surface area contributed by atoms with Gasteiger partial charge >= 0.3 is 0 Å². The molecule has 70 valence electrons. The molecule has 1 aliphatic rings. The van der Waals surface area contributed by atoms with Crippen LogP contribution in [0.15, 0.2) is 0 Å². The second-order valence-corrected chi connectivity index (χ2v) is 3.08. The molecule has 0 amide bonds. The standard InChI is InChI=1S/C8H14O4/c1-2-3-4-8(11)7(10)6(9)5-12-8/h6,9,11H,2-5H2,1H3. The van der Waals surface area contributed by atoms with E-state index in [9.17, 15) is 9.90 Å². The van der Waals surface area contributed by atoms with Crippen molar-refractivity contribution < 1.29 is 19.7 Å². The van der Waals surface area contributed by atoms with Gasteiger partial charge in [0.15, 0.2) is 0 Å². The molecular formula is C8H14O4. The SMILES string of the molecule is CCCCC1(O)OCC(O)C1=O. The van der Waals surface area contributed by atoms with Crippen molar-refractivity contribution in [3.05, 3.63) is 0 Å². The van der Waals surface area contributed by atoms with Gasteiger partial charge in [-0.3, -0.25) is 4.79 Å². The summed E-state index contributed by atoms with van der Waals surface area (Å²) < 4.78 is 4.82. The van der Waals surface area contributed by atoms with Crippen molar-refractivity contribution in [2.24, 2.45) is 0 Å². The fraction of sp³-hybridized carbons (Fsp3) is 0.875. The third-order valence-electron chi connectivity index (χ3n) is 2.04. The number of hydrogen-bond donors (Lipinski definition) is 2. The zero-order chi connectivity index (χ0) is 9.19. The van der Waals surface area contributed by atoms with Crippen molar-refractivity contribution in [3.8, 4) is 0 Å². The summed E-state index contributed by atoms with van der Waals surface area (Å²) in [7, 11) is 0. The summed E-state index contributed by atoms with van der Waals surface area (Å²) in [5, 5.41) is 18.5. The minimum Gasteiger partial charge on any atom is -0.383 e. The van der Waals surface area contributed by atoms with E-state index in [0.29, 0.717) is 0 Å². The maximum Gasteiger partial charge on any atom is 0.229 e. The topological polar surface area (TPSA) is 66.8 Å². The van der Waals surface area contributed by atoms with E-state index in [2.05, 4.69) is 0 Å². The zero-order valence-electron chi connectivity index (χ0n) is 7.12. The average molecular weight is 174 g/mol. The Bertz CT molecular complexity index is 180. The fourth-order valence-corrected chi connectivity index (χ4v) is 1.24. The third-order valence-corrected chi connectivity index (χ3v) is 2.04. The molecule has 12 heavy (non-hydrogen) atoms. The molecule has 0 aromatic carbocycles. The smallest absolute Gasteiger partial charge is 0.229 e. The predicted molar refractivity (Wildman–Crippen MR) is 41.4 cm³/mol. The zero-order valence-corrected chi connectivity index (χ0v) is 7.12. The summed E-state index contributed by atoms with van der Waals surface area (Å²) in [5.74, 6) is -2.31. The largest absolute Gasteiger partial charge is 0.383 e. The van der Waals surface area contributed by atoms with Gasteiger partial charge in [-0.1, -0.05) is 13.3 Å². The number of aliphatic hydroxyl groups is 2. The van der Waals surface area contributed by atoms with Crippen molar-refractivity contribution in [1.82, 2.24) is 0 Å². The van der Waals surface area contributed by atoms with Crippen LogP contribution in [0.5, 0.6) is 0 Å². The first-order valence-electron chi connectivity index (χ1n) is 4.19. The van der Waals surface area contributed by atoms with E-state index >= 15 is 0 Å². The van der Waals surface area contributed by atoms with Gasteiger partial charge < -0.3 is 14.9 Å². The Hall–Kier alpha value is -0.450. The summed E-state index contributed by atoms with van der Waals surface area (Å²) in [6, 6.07) is 0. The number of unbranched alkanes of at least 4 members (excludes halogenated alkanes) is 1. The number of hydrogen-bond acceptors (Lipinski definition) is 4. The van der Waals surface area contributed by atoms with Crippen LogP contribution in [0.4, 0.5) is 0 Å². The van der Waals surface area contributed by atoms with Gasteiger partial charge in [0.1, 0.15) is 6.10 Å². The Balaban J connectivity index is 2.54. The predicted octanol–water partition coefficient (Wildman–Crippen LogP) is -0.175. The molecule has 1 rings (SSSR count). The Kier molecular flexibility index (Phi) is 2.82. The van der Waals surface area contributed by atoms with E-state index in [1.165, 1.54) is 0 Å². The highest BCUT2D eigenvalue weighted by molar-refractivity contribution is 5.91. The Morgan fingerprint density at radius 3 is 2.83 bits per heavy atom. The van der Waals surface area contributed by atoms with Gasteiger partial charge in [0, 0.05) is 6.42 Å². The minimum absolute atomic E-state index is 0.0843. The lowest BCUT2D eigenvalue weighted by molar-refractivity contribution is -0.185. The van der Waals surface area contributed by atoms with Crippen LogP contribution in [0.25, 0.3) is 0 Å². The number of carbonyl (C=O) groups excluding carboxylic acids is 1. The molecule has 1 saturated heterocycles. The fourth-order valence-electron chi connectivity index (χ4n) is 1.24. The van der Waals surface area contributed by atoms with E-state index < -0.39 is 17.7 Å². The number of ether oxygens (including phenoxy) is 1. The number of ketones is 1. The molecule has 0 spiro atoms. The molecule has 0 aliphatic carbocycles. The molecular weight excluding hydrogens is 160 g/mol. The Morgan fingerprint density at radius 1 is 1.75 bits per heavy atom. The van der Waals surface area contributed by atoms with E-state index in [4.69, 9.17) is 9.84 Å². The van der Waals surface area contributed by atoms with E-state index in [1.807, 2.05) is 6.92 Å². The van der Waals surface area contributed by atoms with Gasteiger partial charge in [0.25, 0.3) is 0 Å². The maximum absolute atomic E-state index is 11.1. The monoisotopic (exact) mass is 174 g/mol. The quantitative estimate of drug-likeness (QED) is 0.623. The van der Waals surface area contributed by atoms with E-state index in [0.717, 1.165) is 12.8 Å². The van der Waals surface area contributed by atoms with Crippen LogP contribution in [-0.2, 0) is 9.53 Å². The number of rotatable bonds is 3. The molecule has 2 unspecified atom stereocenters. The van der Waals surface area contributed by atoms with Crippen LogP contribution < -0.4 is 0 Å². The molecule has 2 atom stereocenters. The molecule has 1 heterocycles. The molecule has 1 fully saturated rings. The van der Waals surface area contributed by atoms with Gasteiger partial charge in [-0.15, -0.1) is 0 Å². The first-order chi connectivity index (χ1) is 5.60. The highest BCUT2D eigenvalue weighted by atomic mass is 16.6. The summed E-state index contributed by atoms with van der Waals surface area (Å²) in [4.78, 5) is 11.1. The molecule has 0 bridgehead atoms. The van der Waals surface area contributed by atoms with Gasteiger partial charge in [0.2, 0.25) is 11.6 Å². The molecule has 0 aromatic rings. The Labute approximate surface area is 71.2 Å². The van der Waals surface area contributed by atoms with Crippen LogP contribution in [0, 0.1) is 0 Å². The summed E-state index contributed by atoms with van der Waals surface area (Å²) >= 11 is 0. The Morgan fingerprint density at radius 2 is 2.42 bits per heavy atom. The van der Waals surface area contributed by atoms with E-state index in [1.54, 1.807) is 0 Å².